The quantitative estimate of drug-likeness (QED) is 0.398. The molecule has 2 N–H and O–H groups in total. The van der Waals surface area contributed by atoms with Crippen molar-refractivity contribution in [2.45, 2.75) is 38.5 Å². The molecule has 0 atom stereocenters. The van der Waals surface area contributed by atoms with Crippen LogP contribution in [0.5, 0.6) is 0 Å². The zero-order chi connectivity index (χ0) is 23.7. The third-order valence-electron chi connectivity index (χ3n) is 7.44. The average Bonchev–Trinajstić information content (AvgIpc) is 3.41. The fraction of sp³-hybridized carbons (Fsp3) is 0.400. The van der Waals surface area contributed by atoms with Crippen LogP contribution < -0.4 is 10.2 Å². The molecule has 0 spiro atoms. The number of hydrogen-bond acceptors (Lipinski definition) is 4. The molecule has 2 aliphatic rings. The van der Waals surface area contributed by atoms with E-state index in [1.165, 1.54) is 62.7 Å². The molecule has 0 amide bonds. The summed E-state index contributed by atoms with van der Waals surface area (Å²) in [5, 5.41) is 4.53. The van der Waals surface area contributed by atoms with Crippen LogP contribution in [0.4, 0.5) is 5.82 Å². The second-order valence-corrected chi connectivity index (χ2v) is 9.94. The van der Waals surface area contributed by atoms with Crippen molar-refractivity contribution in [2.75, 3.05) is 31.1 Å². The Balaban J connectivity index is 0.000000166. The fourth-order valence-corrected chi connectivity index (χ4v) is 5.44. The van der Waals surface area contributed by atoms with Gasteiger partial charge in [-0.3, -0.25) is 0 Å². The smallest absolute Gasteiger partial charge is 0.142 e. The molecule has 2 aromatic heterocycles. The van der Waals surface area contributed by atoms with Gasteiger partial charge >= 0.3 is 0 Å². The Hall–Kier alpha value is -3.18. The largest absolute Gasteiger partial charge is 0.356 e. The van der Waals surface area contributed by atoms with Crippen LogP contribution in [-0.4, -0.2) is 41.1 Å². The van der Waals surface area contributed by atoms with Crippen molar-refractivity contribution in [3.63, 3.8) is 0 Å². The lowest BCUT2D eigenvalue weighted by Crippen LogP contribution is -2.35. The van der Waals surface area contributed by atoms with Crippen molar-refractivity contribution >= 4 is 16.9 Å². The molecule has 0 unspecified atom stereocenters. The van der Waals surface area contributed by atoms with Crippen molar-refractivity contribution in [2.24, 2.45) is 11.8 Å². The predicted molar refractivity (Wildman–Crippen MR) is 145 cm³/mol. The number of piperidine rings is 2. The maximum Gasteiger partial charge on any atom is 0.142 e. The van der Waals surface area contributed by atoms with E-state index in [9.17, 15) is 0 Å². The molecule has 0 bridgehead atoms. The topological polar surface area (TPSA) is 56.8 Å². The number of aromatic amines is 1. The van der Waals surface area contributed by atoms with Gasteiger partial charge in [0.15, 0.2) is 0 Å². The van der Waals surface area contributed by atoms with Crippen LogP contribution in [-0.2, 0) is 12.8 Å². The summed E-state index contributed by atoms with van der Waals surface area (Å²) in [6.07, 6.45) is 11.2. The maximum absolute atomic E-state index is 4.51. The monoisotopic (exact) mass is 467 g/mol. The Kier molecular flexibility index (Phi) is 8.07. The van der Waals surface area contributed by atoms with Crippen LogP contribution in [0.1, 0.15) is 36.8 Å². The van der Waals surface area contributed by atoms with Crippen molar-refractivity contribution < 1.29 is 0 Å². The molecule has 2 fully saturated rings. The van der Waals surface area contributed by atoms with Gasteiger partial charge in [0.2, 0.25) is 0 Å². The van der Waals surface area contributed by atoms with Gasteiger partial charge in [0, 0.05) is 19.3 Å². The number of benzene rings is 2. The summed E-state index contributed by atoms with van der Waals surface area (Å²) in [6.45, 7) is 4.57. The van der Waals surface area contributed by atoms with E-state index >= 15 is 0 Å². The van der Waals surface area contributed by atoms with Gasteiger partial charge in [-0.05, 0) is 80.6 Å². The summed E-state index contributed by atoms with van der Waals surface area (Å²) in [7, 11) is 0. The minimum Gasteiger partial charge on any atom is -0.356 e. The SMILES string of the molecule is c1ccc(CC2CCN(c3ncnc4[nH]ccc34)CC2)cc1.c1ccc(CC2CCNCC2)cc1. The summed E-state index contributed by atoms with van der Waals surface area (Å²) >= 11 is 0. The third kappa shape index (κ3) is 6.49. The number of rotatable bonds is 5. The number of nitrogens with one attached hydrogen (secondary N) is 2. The van der Waals surface area contributed by atoms with Crippen molar-refractivity contribution in [3.05, 3.63) is 90.4 Å². The lowest BCUT2D eigenvalue weighted by Gasteiger charge is -2.33. The van der Waals surface area contributed by atoms with E-state index in [1.54, 1.807) is 6.33 Å². The Morgan fingerprint density at radius 1 is 0.714 bits per heavy atom. The van der Waals surface area contributed by atoms with Crippen LogP contribution in [0, 0.1) is 11.8 Å². The van der Waals surface area contributed by atoms with Crippen LogP contribution in [0.25, 0.3) is 11.0 Å². The van der Waals surface area contributed by atoms with Gasteiger partial charge < -0.3 is 15.2 Å². The zero-order valence-electron chi connectivity index (χ0n) is 20.6. The lowest BCUT2D eigenvalue weighted by molar-refractivity contribution is 0.372. The first-order valence-corrected chi connectivity index (χ1v) is 13.2. The normalized spacial score (nSPS) is 17.2. The number of aromatic nitrogens is 3. The number of nitrogens with zero attached hydrogens (tertiary/aromatic N) is 3. The number of anilines is 1. The van der Waals surface area contributed by atoms with Crippen LogP contribution in [0.15, 0.2) is 79.3 Å². The summed E-state index contributed by atoms with van der Waals surface area (Å²) in [6, 6.07) is 23.7. The first kappa shape index (κ1) is 23.6. The molecular weight excluding hydrogens is 430 g/mol. The van der Waals surface area contributed by atoms with Gasteiger partial charge in [-0.2, -0.15) is 0 Å². The lowest BCUT2D eigenvalue weighted by atomic mass is 9.90. The first-order valence-electron chi connectivity index (χ1n) is 13.2. The third-order valence-corrected chi connectivity index (χ3v) is 7.44. The Labute approximate surface area is 209 Å². The van der Waals surface area contributed by atoms with Crippen molar-refractivity contribution in [1.82, 2.24) is 20.3 Å². The molecule has 182 valence electrons. The van der Waals surface area contributed by atoms with Gasteiger partial charge in [0.05, 0.1) is 5.39 Å². The number of fused-ring (bicyclic) bond motifs is 1. The molecule has 2 aliphatic heterocycles. The zero-order valence-corrected chi connectivity index (χ0v) is 20.6. The van der Waals surface area contributed by atoms with E-state index in [-0.39, 0.29) is 0 Å². The van der Waals surface area contributed by atoms with Gasteiger partial charge in [0.1, 0.15) is 17.8 Å². The van der Waals surface area contributed by atoms with Crippen LogP contribution in [0.3, 0.4) is 0 Å². The summed E-state index contributed by atoms with van der Waals surface area (Å²) in [5.41, 5.74) is 3.88. The Bertz CT molecular complexity index is 1140. The van der Waals surface area contributed by atoms with Gasteiger partial charge in [-0.15, -0.1) is 0 Å². The number of H-pyrrole nitrogens is 1. The van der Waals surface area contributed by atoms with Gasteiger partial charge in [-0.25, -0.2) is 9.97 Å². The van der Waals surface area contributed by atoms with Gasteiger partial charge in [-0.1, -0.05) is 60.7 Å². The Morgan fingerprint density at radius 3 is 1.94 bits per heavy atom. The van der Waals surface area contributed by atoms with Crippen LogP contribution >= 0.6 is 0 Å². The van der Waals surface area contributed by atoms with Crippen LogP contribution in [0.2, 0.25) is 0 Å². The second kappa shape index (κ2) is 12.0. The molecule has 5 nitrogen and oxygen atoms in total. The number of hydrogen-bond donors (Lipinski definition) is 2. The van der Waals surface area contributed by atoms with Crippen molar-refractivity contribution in [1.29, 1.82) is 0 Å². The van der Waals surface area contributed by atoms with E-state index < -0.39 is 0 Å². The molecule has 6 rings (SSSR count). The highest BCUT2D eigenvalue weighted by Gasteiger charge is 2.22. The fourth-order valence-electron chi connectivity index (χ4n) is 5.44. The molecule has 4 heterocycles. The minimum atomic E-state index is 0.780. The highest BCUT2D eigenvalue weighted by Crippen LogP contribution is 2.28. The highest BCUT2D eigenvalue weighted by molar-refractivity contribution is 5.87. The molecule has 2 aromatic carbocycles. The molecule has 2 saturated heterocycles. The summed E-state index contributed by atoms with van der Waals surface area (Å²) in [4.78, 5) is 14.3. The van der Waals surface area contributed by atoms with E-state index in [1.807, 2.05) is 6.20 Å². The second-order valence-electron chi connectivity index (χ2n) is 9.94. The van der Waals surface area contributed by atoms with E-state index in [4.69, 9.17) is 0 Å². The minimum absolute atomic E-state index is 0.780. The molecule has 4 aromatic rings. The molecule has 0 radical (unpaired) electrons. The molecule has 35 heavy (non-hydrogen) atoms. The highest BCUT2D eigenvalue weighted by atomic mass is 15.2. The predicted octanol–water partition coefficient (Wildman–Crippen LogP) is 5.65. The summed E-state index contributed by atoms with van der Waals surface area (Å²) in [5.74, 6) is 2.76. The maximum atomic E-state index is 4.51. The van der Waals surface area contributed by atoms with Gasteiger partial charge in [0.25, 0.3) is 0 Å². The molecule has 0 saturated carbocycles. The molecule has 0 aliphatic carbocycles. The standard InChI is InChI=1S/C18H20N4.C12H17N/c1-2-4-14(5-3-1)12-15-7-10-22(11-8-15)18-16-6-9-19-17(16)20-13-21-18;1-2-4-11(5-3-1)10-12-6-8-13-9-7-12/h1-6,9,13,15H,7-8,10-12H2,(H,19,20,21);1-5,12-13H,6-10H2. The average molecular weight is 468 g/mol. The van der Waals surface area contributed by atoms with E-state index in [0.717, 1.165) is 41.8 Å². The molecule has 5 heteroatoms. The van der Waals surface area contributed by atoms with E-state index in [2.05, 4.69) is 91.9 Å². The van der Waals surface area contributed by atoms with Crippen molar-refractivity contribution in [3.8, 4) is 0 Å². The first-order chi connectivity index (χ1) is 17.3. The van der Waals surface area contributed by atoms with E-state index in [0.29, 0.717) is 0 Å². The summed E-state index contributed by atoms with van der Waals surface area (Å²) < 4.78 is 0. The Morgan fingerprint density at radius 2 is 1.31 bits per heavy atom. The molecular formula is C30H37N5.